The second-order valence-corrected chi connectivity index (χ2v) is 9.36. The van der Waals surface area contributed by atoms with E-state index in [1.165, 1.54) is 11.0 Å². The molecule has 0 saturated carbocycles. The number of nitrogens with zero attached hydrogens (tertiary/aromatic N) is 4. The van der Waals surface area contributed by atoms with E-state index in [4.69, 9.17) is 6.57 Å². The van der Waals surface area contributed by atoms with E-state index in [9.17, 15) is 27.6 Å². The first kappa shape index (κ1) is 21.2. The Bertz CT molecular complexity index is 1020. The minimum atomic E-state index is -4.80. The number of halogens is 3. The molecule has 0 N–H and O–H groups in total. The van der Waals surface area contributed by atoms with Gasteiger partial charge in [-0.15, -0.1) is 0 Å². The lowest BCUT2D eigenvalue weighted by Gasteiger charge is -2.36. The summed E-state index contributed by atoms with van der Waals surface area (Å²) in [7, 11) is 0. The third-order valence-corrected chi connectivity index (χ3v) is 5.93. The molecule has 164 valence electrons. The number of imide groups is 1. The van der Waals surface area contributed by atoms with E-state index in [1.54, 1.807) is 4.90 Å². The Kier molecular flexibility index (Phi) is 4.57. The van der Waals surface area contributed by atoms with E-state index in [0.717, 1.165) is 11.0 Å². The van der Waals surface area contributed by atoms with Crippen molar-refractivity contribution < 1.29 is 27.6 Å². The number of carbonyl (C=O) groups is 3. The standard InChI is InChI=1S/C21H21F3N4O3/c1-20(2,3)9-16(29)26-10-12-8-15(26)17-18(30)28(19(31)27(12)17)11-5-6-14(25-4)13(7-11)21(22,23)24/h5-7,12,15,17H,8-10H2,1-3H3/t12?,15-,17-/m1/s1. The van der Waals surface area contributed by atoms with Crippen LogP contribution in [0.15, 0.2) is 18.2 Å². The van der Waals surface area contributed by atoms with Crippen LogP contribution in [0.2, 0.25) is 0 Å². The molecule has 3 aliphatic rings. The molecule has 0 radical (unpaired) electrons. The third-order valence-electron chi connectivity index (χ3n) is 5.93. The monoisotopic (exact) mass is 434 g/mol. The zero-order valence-corrected chi connectivity index (χ0v) is 17.2. The summed E-state index contributed by atoms with van der Waals surface area (Å²) in [6.07, 6.45) is -4.02. The number of rotatable bonds is 2. The molecule has 0 aliphatic carbocycles. The lowest BCUT2D eigenvalue weighted by atomic mass is 9.91. The molecule has 4 rings (SSSR count). The topological polar surface area (TPSA) is 65.3 Å². The fourth-order valence-electron chi connectivity index (χ4n) is 4.72. The summed E-state index contributed by atoms with van der Waals surface area (Å²) < 4.78 is 40.1. The van der Waals surface area contributed by atoms with E-state index in [0.29, 0.717) is 25.5 Å². The van der Waals surface area contributed by atoms with Gasteiger partial charge in [-0.3, -0.25) is 9.59 Å². The van der Waals surface area contributed by atoms with Gasteiger partial charge >= 0.3 is 12.2 Å². The van der Waals surface area contributed by atoms with Crippen molar-refractivity contribution in [1.82, 2.24) is 9.80 Å². The Balaban J connectivity index is 1.65. The summed E-state index contributed by atoms with van der Waals surface area (Å²) in [5, 5.41) is 0. The highest BCUT2D eigenvalue weighted by molar-refractivity contribution is 6.22. The Morgan fingerprint density at radius 1 is 1.23 bits per heavy atom. The van der Waals surface area contributed by atoms with Gasteiger partial charge in [-0.1, -0.05) is 26.8 Å². The summed E-state index contributed by atoms with van der Waals surface area (Å²) in [5.41, 5.74) is -2.26. The van der Waals surface area contributed by atoms with Gasteiger partial charge in [0.1, 0.15) is 6.04 Å². The van der Waals surface area contributed by atoms with Crippen molar-refractivity contribution in [3.63, 3.8) is 0 Å². The lowest BCUT2D eigenvalue weighted by Crippen LogP contribution is -2.55. The first-order valence-corrected chi connectivity index (χ1v) is 9.88. The Hall–Kier alpha value is -3.09. The maximum atomic E-state index is 13.4. The molecule has 3 atom stereocenters. The summed E-state index contributed by atoms with van der Waals surface area (Å²) >= 11 is 0. The van der Waals surface area contributed by atoms with Crippen molar-refractivity contribution in [2.24, 2.45) is 5.41 Å². The largest absolute Gasteiger partial charge is 0.407 e. The van der Waals surface area contributed by atoms with Gasteiger partial charge in [0.05, 0.1) is 29.9 Å². The molecule has 3 saturated heterocycles. The van der Waals surface area contributed by atoms with Crippen molar-refractivity contribution in [2.75, 3.05) is 11.4 Å². The number of urea groups is 1. The molecule has 0 aromatic heterocycles. The van der Waals surface area contributed by atoms with Gasteiger partial charge in [-0.05, 0) is 24.0 Å². The van der Waals surface area contributed by atoms with Crippen LogP contribution in [-0.2, 0) is 15.8 Å². The molecule has 0 spiro atoms. The van der Waals surface area contributed by atoms with Gasteiger partial charge in [0.25, 0.3) is 5.91 Å². The highest BCUT2D eigenvalue weighted by Crippen LogP contribution is 2.45. The van der Waals surface area contributed by atoms with Crippen molar-refractivity contribution >= 4 is 29.2 Å². The molecule has 1 aromatic carbocycles. The van der Waals surface area contributed by atoms with Gasteiger partial charge in [-0.2, -0.15) is 13.2 Å². The van der Waals surface area contributed by atoms with Crippen LogP contribution in [0.1, 0.15) is 39.2 Å². The minimum absolute atomic E-state index is 0.0980. The highest BCUT2D eigenvalue weighted by Gasteiger charge is 2.63. The molecule has 3 fully saturated rings. The Morgan fingerprint density at radius 3 is 2.48 bits per heavy atom. The number of anilines is 1. The van der Waals surface area contributed by atoms with Crippen molar-refractivity contribution in [3.8, 4) is 0 Å². The van der Waals surface area contributed by atoms with Gasteiger partial charge in [0.2, 0.25) is 5.91 Å². The lowest BCUT2D eigenvalue weighted by molar-refractivity contribution is -0.138. The number of alkyl halides is 3. The van der Waals surface area contributed by atoms with Crippen molar-refractivity contribution in [1.29, 1.82) is 0 Å². The number of carbonyl (C=O) groups excluding carboxylic acids is 3. The van der Waals surface area contributed by atoms with Crippen LogP contribution < -0.4 is 4.90 Å². The van der Waals surface area contributed by atoms with Gasteiger partial charge in [-0.25, -0.2) is 14.5 Å². The molecule has 10 heteroatoms. The van der Waals surface area contributed by atoms with Gasteiger partial charge in [0.15, 0.2) is 5.69 Å². The number of benzene rings is 1. The SMILES string of the molecule is [C-]#[N+]c1ccc(N2C(=O)[C@H]3[C@H]4CC(CN4C(=O)CC(C)(C)C)N3C2=O)cc1C(F)(F)F. The number of amides is 4. The molecule has 2 bridgehead atoms. The molecular formula is C21H21F3N4O3. The van der Waals surface area contributed by atoms with Gasteiger partial charge in [0, 0.05) is 13.0 Å². The number of likely N-dealkylation sites (tertiary alicyclic amines) is 1. The van der Waals surface area contributed by atoms with Crippen molar-refractivity contribution in [2.45, 2.75) is 57.9 Å². The number of hydrogen-bond acceptors (Lipinski definition) is 3. The molecule has 3 heterocycles. The predicted octanol–water partition coefficient (Wildman–Crippen LogP) is 3.81. The summed E-state index contributed by atoms with van der Waals surface area (Å²) in [6, 6.07) is 0.388. The van der Waals surface area contributed by atoms with Crippen LogP contribution in [0.3, 0.4) is 0 Å². The van der Waals surface area contributed by atoms with E-state index >= 15 is 0 Å². The molecule has 31 heavy (non-hydrogen) atoms. The second kappa shape index (κ2) is 6.70. The first-order valence-electron chi connectivity index (χ1n) is 9.88. The molecule has 3 aliphatic heterocycles. The smallest absolute Gasteiger partial charge is 0.335 e. The zero-order valence-electron chi connectivity index (χ0n) is 17.2. The molecule has 1 aromatic rings. The maximum Gasteiger partial charge on any atom is 0.407 e. The van der Waals surface area contributed by atoms with E-state index in [1.807, 2.05) is 20.8 Å². The second-order valence-electron chi connectivity index (χ2n) is 9.36. The van der Waals surface area contributed by atoms with E-state index < -0.39 is 41.4 Å². The average Bonchev–Trinajstić information content (AvgIpc) is 3.31. The molecule has 4 amide bonds. The summed E-state index contributed by atoms with van der Waals surface area (Å²) in [5.74, 6) is -0.742. The number of piperazine rings is 1. The third kappa shape index (κ3) is 3.32. The summed E-state index contributed by atoms with van der Waals surface area (Å²) in [4.78, 5) is 45.5. The number of fused-ring (bicyclic) bond motifs is 5. The molecule has 1 unspecified atom stereocenters. The van der Waals surface area contributed by atoms with Crippen molar-refractivity contribution in [3.05, 3.63) is 35.2 Å². The normalized spacial score (nSPS) is 25.3. The Morgan fingerprint density at radius 2 is 1.90 bits per heavy atom. The van der Waals surface area contributed by atoms with Gasteiger partial charge < -0.3 is 9.80 Å². The van der Waals surface area contributed by atoms with E-state index in [-0.39, 0.29) is 23.1 Å². The summed E-state index contributed by atoms with van der Waals surface area (Å²) in [6.45, 7) is 13.1. The molecular weight excluding hydrogens is 413 g/mol. The molecule has 7 nitrogen and oxygen atoms in total. The number of hydrogen-bond donors (Lipinski definition) is 0. The van der Waals surface area contributed by atoms with Crippen LogP contribution in [0.25, 0.3) is 4.85 Å². The first-order chi connectivity index (χ1) is 14.3. The fourth-order valence-corrected chi connectivity index (χ4v) is 4.72. The van der Waals surface area contributed by atoms with Crippen LogP contribution in [0.4, 0.5) is 29.3 Å². The average molecular weight is 434 g/mol. The van der Waals surface area contributed by atoms with Crippen LogP contribution in [0, 0.1) is 12.0 Å². The minimum Gasteiger partial charge on any atom is -0.335 e. The van der Waals surface area contributed by atoms with Crippen LogP contribution >= 0.6 is 0 Å². The fraction of sp³-hybridized carbons (Fsp3) is 0.524. The highest BCUT2D eigenvalue weighted by atomic mass is 19.4. The van der Waals surface area contributed by atoms with E-state index in [2.05, 4.69) is 4.85 Å². The van der Waals surface area contributed by atoms with Crippen LogP contribution in [-0.4, -0.2) is 52.3 Å². The quantitative estimate of drug-likeness (QED) is 0.525. The Labute approximate surface area is 177 Å². The maximum absolute atomic E-state index is 13.4. The zero-order chi connectivity index (χ0) is 22.9. The predicted molar refractivity (Wildman–Crippen MR) is 104 cm³/mol. The van der Waals surface area contributed by atoms with Crippen LogP contribution in [0.5, 0.6) is 0 Å².